The standard InChI is InChI=1S/C15H28N4O2/c1-17-4-2-13(3-5-17)18-6-8-19(9-7-18)15(20)12-10-14(11-12)21-16/h12-14H,2-11,16H2,1H3. The monoisotopic (exact) mass is 296 g/mol. The molecule has 6 nitrogen and oxygen atoms in total. The van der Waals surface area contributed by atoms with Crippen molar-refractivity contribution in [3.05, 3.63) is 0 Å². The summed E-state index contributed by atoms with van der Waals surface area (Å²) < 4.78 is 0. The molecule has 2 N–H and O–H groups in total. The highest BCUT2D eigenvalue weighted by Gasteiger charge is 2.38. The van der Waals surface area contributed by atoms with Crippen molar-refractivity contribution >= 4 is 5.91 Å². The van der Waals surface area contributed by atoms with E-state index in [9.17, 15) is 4.79 Å². The number of likely N-dealkylation sites (tertiary alicyclic amines) is 1. The number of amides is 1. The number of piperidine rings is 1. The summed E-state index contributed by atoms with van der Waals surface area (Å²) in [6.07, 6.45) is 4.22. The number of carbonyl (C=O) groups excluding carboxylic acids is 1. The van der Waals surface area contributed by atoms with Crippen LogP contribution in [0.15, 0.2) is 0 Å². The van der Waals surface area contributed by atoms with Crippen LogP contribution >= 0.6 is 0 Å². The highest BCUT2D eigenvalue weighted by Crippen LogP contribution is 2.31. The fourth-order valence-electron chi connectivity index (χ4n) is 3.80. The van der Waals surface area contributed by atoms with Crippen LogP contribution in [0, 0.1) is 5.92 Å². The number of nitrogens with two attached hydrogens (primary N) is 1. The minimum absolute atomic E-state index is 0.0967. The lowest BCUT2D eigenvalue weighted by atomic mass is 9.81. The second-order valence-electron chi connectivity index (χ2n) is 6.82. The van der Waals surface area contributed by atoms with Gasteiger partial charge in [-0.15, -0.1) is 0 Å². The fraction of sp³-hybridized carbons (Fsp3) is 0.933. The molecule has 2 saturated heterocycles. The van der Waals surface area contributed by atoms with Gasteiger partial charge >= 0.3 is 0 Å². The second-order valence-corrected chi connectivity index (χ2v) is 6.82. The molecule has 3 aliphatic rings. The number of rotatable bonds is 3. The molecule has 2 heterocycles. The van der Waals surface area contributed by atoms with Crippen molar-refractivity contribution in [2.24, 2.45) is 11.8 Å². The molecular formula is C15H28N4O2. The van der Waals surface area contributed by atoms with Crippen LogP contribution < -0.4 is 5.90 Å². The molecule has 0 aromatic carbocycles. The first-order chi connectivity index (χ1) is 10.2. The molecule has 3 rings (SSSR count). The molecule has 0 unspecified atom stereocenters. The van der Waals surface area contributed by atoms with Gasteiger partial charge in [0.15, 0.2) is 0 Å². The van der Waals surface area contributed by atoms with Crippen LogP contribution in [0.2, 0.25) is 0 Å². The molecule has 0 bridgehead atoms. The smallest absolute Gasteiger partial charge is 0.225 e. The van der Waals surface area contributed by atoms with E-state index in [-0.39, 0.29) is 12.0 Å². The fourth-order valence-corrected chi connectivity index (χ4v) is 3.80. The first kappa shape index (κ1) is 15.2. The maximum atomic E-state index is 12.4. The van der Waals surface area contributed by atoms with Crippen LogP contribution in [0.25, 0.3) is 0 Å². The van der Waals surface area contributed by atoms with Gasteiger partial charge in [-0.3, -0.25) is 9.69 Å². The van der Waals surface area contributed by atoms with E-state index in [1.54, 1.807) is 0 Å². The van der Waals surface area contributed by atoms with Gasteiger partial charge in [-0.1, -0.05) is 0 Å². The molecule has 1 amide bonds. The highest BCUT2D eigenvalue weighted by atomic mass is 16.6. The second kappa shape index (κ2) is 6.60. The van der Waals surface area contributed by atoms with E-state index in [1.807, 2.05) is 4.90 Å². The van der Waals surface area contributed by atoms with E-state index in [0.29, 0.717) is 5.91 Å². The van der Waals surface area contributed by atoms with Crippen LogP contribution in [-0.4, -0.2) is 79.1 Å². The molecular weight excluding hydrogens is 268 g/mol. The van der Waals surface area contributed by atoms with Gasteiger partial charge in [0.1, 0.15) is 0 Å². The van der Waals surface area contributed by atoms with Crippen LogP contribution in [0.3, 0.4) is 0 Å². The van der Waals surface area contributed by atoms with Crippen LogP contribution in [-0.2, 0) is 9.63 Å². The van der Waals surface area contributed by atoms with Gasteiger partial charge in [0.2, 0.25) is 5.91 Å². The van der Waals surface area contributed by atoms with Crippen molar-refractivity contribution in [2.75, 3.05) is 46.3 Å². The molecule has 0 spiro atoms. The molecule has 21 heavy (non-hydrogen) atoms. The average molecular weight is 296 g/mol. The number of carbonyl (C=O) groups is 1. The molecule has 6 heteroatoms. The third kappa shape index (κ3) is 3.39. The zero-order valence-electron chi connectivity index (χ0n) is 13.0. The summed E-state index contributed by atoms with van der Waals surface area (Å²) in [4.78, 5) is 24.2. The zero-order valence-corrected chi connectivity index (χ0v) is 13.0. The lowest BCUT2D eigenvalue weighted by Gasteiger charge is -2.44. The van der Waals surface area contributed by atoms with E-state index < -0.39 is 0 Å². The minimum atomic E-state index is 0.0967. The Labute approximate surface area is 127 Å². The maximum Gasteiger partial charge on any atom is 0.225 e. The van der Waals surface area contributed by atoms with E-state index in [1.165, 1.54) is 25.9 Å². The topological polar surface area (TPSA) is 62.0 Å². The van der Waals surface area contributed by atoms with E-state index in [4.69, 9.17) is 10.7 Å². The molecule has 0 aromatic heterocycles. The van der Waals surface area contributed by atoms with Gasteiger partial charge in [0.25, 0.3) is 0 Å². The van der Waals surface area contributed by atoms with Crippen molar-refractivity contribution in [3.63, 3.8) is 0 Å². The Morgan fingerprint density at radius 3 is 2.24 bits per heavy atom. The Morgan fingerprint density at radius 2 is 1.67 bits per heavy atom. The summed E-state index contributed by atoms with van der Waals surface area (Å²) in [5.41, 5.74) is 0. The molecule has 0 aromatic rings. The quantitative estimate of drug-likeness (QED) is 0.737. The van der Waals surface area contributed by atoms with Crippen molar-refractivity contribution < 1.29 is 9.63 Å². The lowest BCUT2D eigenvalue weighted by Crippen LogP contribution is -2.56. The summed E-state index contributed by atoms with van der Waals surface area (Å²) in [6.45, 7) is 6.23. The van der Waals surface area contributed by atoms with Crippen LogP contribution in [0.1, 0.15) is 25.7 Å². The number of nitrogens with zero attached hydrogens (tertiary/aromatic N) is 3. The van der Waals surface area contributed by atoms with Gasteiger partial charge in [-0.25, -0.2) is 5.90 Å². The van der Waals surface area contributed by atoms with Gasteiger partial charge in [-0.2, -0.15) is 0 Å². The molecule has 3 fully saturated rings. The Kier molecular flexibility index (Phi) is 4.78. The molecule has 2 aliphatic heterocycles. The van der Waals surface area contributed by atoms with Crippen molar-refractivity contribution in [2.45, 2.75) is 37.8 Å². The van der Waals surface area contributed by atoms with Gasteiger partial charge < -0.3 is 14.6 Å². The van der Waals surface area contributed by atoms with Crippen molar-refractivity contribution in [3.8, 4) is 0 Å². The maximum absolute atomic E-state index is 12.4. The molecule has 0 radical (unpaired) electrons. The van der Waals surface area contributed by atoms with Crippen molar-refractivity contribution in [1.29, 1.82) is 0 Å². The number of hydrogen-bond donors (Lipinski definition) is 1. The van der Waals surface area contributed by atoms with Crippen LogP contribution in [0.4, 0.5) is 0 Å². The predicted molar refractivity (Wildman–Crippen MR) is 80.5 cm³/mol. The van der Waals surface area contributed by atoms with Gasteiger partial charge in [-0.05, 0) is 45.8 Å². The third-order valence-electron chi connectivity index (χ3n) is 5.47. The number of piperazine rings is 1. The normalized spacial score (nSPS) is 33.0. The minimum Gasteiger partial charge on any atom is -0.340 e. The highest BCUT2D eigenvalue weighted by molar-refractivity contribution is 5.80. The van der Waals surface area contributed by atoms with E-state index >= 15 is 0 Å². The summed E-state index contributed by atoms with van der Waals surface area (Å²) in [7, 11) is 2.20. The Morgan fingerprint density at radius 1 is 1.05 bits per heavy atom. The van der Waals surface area contributed by atoms with E-state index in [0.717, 1.165) is 45.1 Å². The SMILES string of the molecule is CN1CCC(N2CCN(C(=O)C3CC(ON)C3)CC2)CC1. The first-order valence-electron chi connectivity index (χ1n) is 8.24. The summed E-state index contributed by atoms with van der Waals surface area (Å²) in [5.74, 6) is 5.61. The Balaban J connectivity index is 1.42. The Hall–Kier alpha value is -0.690. The predicted octanol–water partition coefficient (Wildman–Crippen LogP) is -0.106. The summed E-state index contributed by atoms with van der Waals surface area (Å²) in [5, 5.41) is 0. The Bertz CT molecular complexity index is 357. The van der Waals surface area contributed by atoms with Gasteiger partial charge in [0, 0.05) is 38.1 Å². The van der Waals surface area contributed by atoms with E-state index in [2.05, 4.69) is 16.8 Å². The first-order valence-corrected chi connectivity index (χ1v) is 8.24. The summed E-state index contributed by atoms with van der Waals surface area (Å²) in [6, 6.07) is 0.720. The van der Waals surface area contributed by atoms with Crippen LogP contribution in [0.5, 0.6) is 0 Å². The zero-order chi connectivity index (χ0) is 14.8. The number of hydrogen-bond acceptors (Lipinski definition) is 5. The molecule has 0 atom stereocenters. The third-order valence-corrected chi connectivity index (χ3v) is 5.47. The average Bonchev–Trinajstić information content (AvgIpc) is 2.47. The largest absolute Gasteiger partial charge is 0.340 e. The van der Waals surface area contributed by atoms with Crippen molar-refractivity contribution in [1.82, 2.24) is 14.7 Å². The summed E-state index contributed by atoms with van der Waals surface area (Å²) >= 11 is 0. The lowest BCUT2D eigenvalue weighted by molar-refractivity contribution is -0.147. The van der Waals surface area contributed by atoms with Gasteiger partial charge in [0.05, 0.1) is 6.10 Å². The molecule has 120 valence electrons. The molecule has 1 saturated carbocycles. The molecule has 1 aliphatic carbocycles.